The average molecular weight is 1120 g/mol. The van der Waals surface area contributed by atoms with E-state index in [-0.39, 0.29) is 31.1 Å². The second-order valence-electron chi connectivity index (χ2n) is 24.5. The quantitative estimate of drug-likeness (QED) is 0.0261. The fraction of sp³-hybridized carbons (Fsp3) is 0.878. The molecular formula is C74H138O6. The van der Waals surface area contributed by atoms with Crippen molar-refractivity contribution < 1.29 is 28.6 Å². The lowest BCUT2D eigenvalue weighted by Gasteiger charge is -2.18. The molecule has 0 rings (SSSR count). The van der Waals surface area contributed by atoms with Crippen molar-refractivity contribution in [3.8, 4) is 0 Å². The summed E-state index contributed by atoms with van der Waals surface area (Å²) < 4.78 is 16.9. The van der Waals surface area contributed by atoms with Gasteiger partial charge in [-0.25, -0.2) is 0 Å². The highest BCUT2D eigenvalue weighted by molar-refractivity contribution is 5.71. The summed E-state index contributed by atoms with van der Waals surface area (Å²) in [5, 5.41) is 0. The van der Waals surface area contributed by atoms with Gasteiger partial charge in [0.2, 0.25) is 0 Å². The van der Waals surface area contributed by atoms with Gasteiger partial charge in [0.15, 0.2) is 6.10 Å². The Balaban J connectivity index is 4.03. The van der Waals surface area contributed by atoms with Crippen molar-refractivity contribution in [2.24, 2.45) is 0 Å². The molecule has 0 aromatic carbocycles. The zero-order chi connectivity index (χ0) is 57.8. The summed E-state index contributed by atoms with van der Waals surface area (Å²) in [5.41, 5.74) is 0. The molecule has 6 nitrogen and oxygen atoms in total. The molecule has 1 atom stereocenters. The first kappa shape index (κ1) is 77.6. The van der Waals surface area contributed by atoms with Crippen LogP contribution < -0.4 is 0 Å². The third-order valence-electron chi connectivity index (χ3n) is 16.3. The molecule has 0 aromatic heterocycles. The first-order chi connectivity index (χ1) is 39.5. The Kier molecular flexibility index (Phi) is 67.1. The second kappa shape index (κ2) is 69.1. The number of esters is 3. The Bertz CT molecular complexity index is 1340. The third kappa shape index (κ3) is 66.4. The minimum atomic E-state index is -0.778. The van der Waals surface area contributed by atoms with Crippen LogP contribution >= 0.6 is 0 Å². The summed E-state index contributed by atoms with van der Waals surface area (Å²) in [6.45, 7) is 6.66. The summed E-state index contributed by atoms with van der Waals surface area (Å²) in [5.74, 6) is -0.867. The molecule has 470 valence electrons. The lowest BCUT2D eigenvalue weighted by molar-refractivity contribution is -0.167. The molecule has 0 aliphatic rings. The van der Waals surface area contributed by atoms with Crippen molar-refractivity contribution in [1.82, 2.24) is 0 Å². The Morgan fingerprint density at radius 3 is 0.637 bits per heavy atom. The van der Waals surface area contributed by atoms with Crippen LogP contribution in [0.3, 0.4) is 0 Å². The van der Waals surface area contributed by atoms with E-state index in [1.807, 2.05) is 0 Å². The molecule has 0 radical (unpaired) electrons. The number of allylic oxidation sites excluding steroid dienone is 6. The number of carbonyl (C=O) groups is 3. The molecule has 0 saturated carbocycles. The van der Waals surface area contributed by atoms with Crippen LogP contribution in [0.5, 0.6) is 0 Å². The normalized spacial score (nSPS) is 12.2. The monoisotopic (exact) mass is 1120 g/mol. The molecule has 0 N–H and O–H groups in total. The van der Waals surface area contributed by atoms with Crippen molar-refractivity contribution in [2.75, 3.05) is 13.2 Å². The second-order valence-corrected chi connectivity index (χ2v) is 24.5. The highest BCUT2D eigenvalue weighted by Crippen LogP contribution is 2.18. The van der Waals surface area contributed by atoms with Gasteiger partial charge in [0.1, 0.15) is 13.2 Å². The molecule has 0 bridgehead atoms. The van der Waals surface area contributed by atoms with Crippen molar-refractivity contribution in [3.63, 3.8) is 0 Å². The van der Waals surface area contributed by atoms with Crippen LogP contribution in [0, 0.1) is 0 Å². The van der Waals surface area contributed by atoms with Crippen molar-refractivity contribution in [3.05, 3.63) is 36.5 Å². The fourth-order valence-electron chi connectivity index (χ4n) is 10.9. The Labute approximate surface area is 499 Å². The van der Waals surface area contributed by atoms with Crippen LogP contribution in [0.1, 0.15) is 400 Å². The van der Waals surface area contributed by atoms with Gasteiger partial charge in [-0.1, -0.05) is 320 Å². The summed E-state index contributed by atoms with van der Waals surface area (Å²) in [4.78, 5) is 38.3. The van der Waals surface area contributed by atoms with E-state index in [1.54, 1.807) is 0 Å². The van der Waals surface area contributed by atoms with Gasteiger partial charge >= 0.3 is 17.9 Å². The summed E-state index contributed by atoms with van der Waals surface area (Å²) in [6, 6.07) is 0. The van der Waals surface area contributed by atoms with E-state index in [1.165, 1.54) is 289 Å². The van der Waals surface area contributed by atoms with E-state index in [0.717, 1.165) is 70.6 Å². The number of unbranched alkanes of at least 4 members (excludes halogenated alkanes) is 50. The van der Waals surface area contributed by atoms with Crippen LogP contribution in [-0.2, 0) is 28.6 Å². The van der Waals surface area contributed by atoms with E-state index in [4.69, 9.17) is 14.2 Å². The third-order valence-corrected chi connectivity index (χ3v) is 16.3. The van der Waals surface area contributed by atoms with Crippen molar-refractivity contribution in [1.29, 1.82) is 0 Å². The topological polar surface area (TPSA) is 78.9 Å². The molecular weight excluding hydrogens is 985 g/mol. The molecule has 80 heavy (non-hydrogen) atoms. The summed E-state index contributed by atoms with van der Waals surface area (Å²) in [7, 11) is 0. The highest BCUT2D eigenvalue weighted by Gasteiger charge is 2.19. The maximum Gasteiger partial charge on any atom is 0.306 e. The van der Waals surface area contributed by atoms with Crippen LogP contribution in [0.4, 0.5) is 0 Å². The van der Waals surface area contributed by atoms with E-state index in [9.17, 15) is 14.4 Å². The van der Waals surface area contributed by atoms with E-state index in [0.29, 0.717) is 19.3 Å². The van der Waals surface area contributed by atoms with Crippen LogP contribution in [-0.4, -0.2) is 37.2 Å². The van der Waals surface area contributed by atoms with E-state index < -0.39 is 6.10 Å². The highest BCUT2D eigenvalue weighted by atomic mass is 16.6. The predicted octanol–water partition coefficient (Wildman–Crippen LogP) is 24.7. The van der Waals surface area contributed by atoms with Crippen LogP contribution in [0.2, 0.25) is 0 Å². The van der Waals surface area contributed by atoms with Gasteiger partial charge < -0.3 is 14.2 Å². The lowest BCUT2D eigenvalue weighted by Crippen LogP contribution is -2.30. The first-order valence-electron chi connectivity index (χ1n) is 36.0. The molecule has 0 heterocycles. The molecule has 0 aromatic rings. The van der Waals surface area contributed by atoms with Gasteiger partial charge in [-0.15, -0.1) is 0 Å². The van der Waals surface area contributed by atoms with Crippen molar-refractivity contribution in [2.45, 2.75) is 406 Å². The first-order valence-corrected chi connectivity index (χ1v) is 36.0. The molecule has 0 saturated heterocycles. The maximum absolute atomic E-state index is 12.9. The molecule has 1 unspecified atom stereocenters. The largest absolute Gasteiger partial charge is 0.462 e. The number of carbonyl (C=O) groups excluding carboxylic acids is 3. The van der Waals surface area contributed by atoms with Gasteiger partial charge in [0, 0.05) is 19.3 Å². The van der Waals surface area contributed by atoms with Crippen molar-refractivity contribution >= 4 is 17.9 Å². The Morgan fingerprint density at radius 2 is 0.412 bits per heavy atom. The molecule has 0 spiro atoms. The molecule has 0 amide bonds. The zero-order valence-electron chi connectivity index (χ0n) is 54.1. The van der Waals surface area contributed by atoms with Crippen LogP contribution in [0.25, 0.3) is 0 Å². The number of hydrogen-bond acceptors (Lipinski definition) is 6. The van der Waals surface area contributed by atoms with Gasteiger partial charge in [-0.3, -0.25) is 14.4 Å². The Hall–Kier alpha value is -2.37. The molecule has 0 aliphatic heterocycles. The standard InChI is InChI=1S/C74H138O6/c1-4-7-10-13-16-19-22-25-27-28-29-30-31-32-33-34-35-36-37-38-39-40-41-42-43-44-45-46-47-50-52-55-58-61-64-67-73(76)79-70-71(69-78-72(75)66-63-60-57-54-51-48-24-21-18-15-12-9-6-3)80-74(77)68-65-62-59-56-53-49-26-23-20-17-14-11-8-5-2/h21,23-24,26,28-29,71H,4-20,22,25,27,30-70H2,1-3H3/b24-21-,26-23-,29-28-. The minimum Gasteiger partial charge on any atom is -0.462 e. The number of hydrogen-bond donors (Lipinski definition) is 0. The number of rotatable bonds is 67. The minimum absolute atomic E-state index is 0.0736. The average Bonchev–Trinajstić information content (AvgIpc) is 3.46. The lowest BCUT2D eigenvalue weighted by atomic mass is 10.0. The van der Waals surface area contributed by atoms with Crippen LogP contribution in [0.15, 0.2) is 36.5 Å². The molecule has 0 fully saturated rings. The summed E-state index contributed by atoms with van der Waals surface area (Å²) >= 11 is 0. The smallest absolute Gasteiger partial charge is 0.306 e. The van der Waals surface area contributed by atoms with Gasteiger partial charge in [-0.2, -0.15) is 0 Å². The molecule has 6 heteroatoms. The van der Waals surface area contributed by atoms with Gasteiger partial charge in [-0.05, 0) is 96.3 Å². The number of ether oxygens (including phenoxy) is 3. The Morgan fingerprint density at radius 1 is 0.237 bits per heavy atom. The maximum atomic E-state index is 12.9. The predicted molar refractivity (Wildman–Crippen MR) is 349 cm³/mol. The van der Waals surface area contributed by atoms with Gasteiger partial charge in [0.25, 0.3) is 0 Å². The fourth-order valence-corrected chi connectivity index (χ4v) is 10.9. The van der Waals surface area contributed by atoms with E-state index in [2.05, 4.69) is 57.2 Å². The molecule has 0 aliphatic carbocycles. The van der Waals surface area contributed by atoms with Gasteiger partial charge in [0.05, 0.1) is 0 Å². The van der Waals surface area contributed by atoms with E-state index >= 15 is 0 Å². The zero-order valence-corrected chi connectivity index (χ0v) is 54.1. The summed E-state index contributed by atoms with van der Waals surface area (Å²) in [6.07, 6.45) is 86.3. The SMILES string of the molecule is CCCCCC/C=C\CCCCCCCC(=O)OCC(COC(=O)CCCCCCCCCCCCCCCCCCCCCCCCC/C=C\CCCCCCCCCC)OC(=O)CCCCCCC/C=C\CCCCCCC.